The third-order valence-electron chi connectivity index (χ3n) is 5.10. The molecule has 0 unspecified atom stereocenters. The van der Waals surface area contributed by atoms with Crippen molar-refractivity contribution in [2.45, 2.75) is 13.1 Å². The van der Waals surface area contributed by atoms with E-state index in [-0.39, 0.29) is 5.91 Å². The van der Waals surface area contributed by atoms with Crippen molar-refractivity contribution in [3.8, 4) is 16.4 Å². The van der Waals surface area contributed by atoms with Crippen LogP contribution in [0.2, 0.25) is 0 Å². The number of nitrogens with zero attached hydrogens (tertiary/aromatic N) is 6. The summed E-state index contributed by atoms with van der Waals surface area (Å²) in [6.45, 7) is 0.975. The number of thiophene rings is 1. The lowest BCUT2D eigenvalue weighted by atomic mass is 10.2. The zero-order valence-electron chi connectivity index (χ0n) is 18.2. The number of carbonyl (C=O) groups excluding carboxylic acids is 1. The summed E-state index contributed by atoms with van der Waals surface area (Å²) in [5.41, 5.74) is 3.74. The molecule has 4 heterocycles. The molecular weight excluding hydrogens is 446 g/mol. The van der Waals surface area contributed by atoms with E-state index < -0.39 is 0 Å². The zero-order valence-corrected chi connectivity index (χ0v) is 19.0. The normalized spacial score (nSPS) is 11.2. The van der Waals surface area contributed by atoms with Crippen LogP contribution >= 0.6 is 11.3 Å². The van der Waals surface area contributed by atoms with Crippen LogP contribution in [0.3, 0.4) is 0 Å². The van der Waals surface area contributed by atoms with Crippen LogP contribution in [0.4, 0.5) is 0 Å². The second kappa shape index (κ2) is 10.1. The molecule has 1 aromatic carbocycles. The van der Waals surface area contributed by atoms with Crippen molar-refractivity contribution in [3.63, 3.8) is 0 Å². The number of hydrogen-bond donors (Lipinski definition) is 1. The van der Waals surface area contributed by atoms with Crippen LogP contribution in [0.5, 0.6) is 0 Å². The second-order valence-corrected chi connectivity index (χ2v) is 8.42. The van der Waals surface area contributed by atoms with Crippen molar-refractivity contribution in [1.29, 1.82) is 0 Å². The lowest BCUT2D eigenvalue weighted by molar-refractivity contribution is -0.116. The maximum absolute atomic E-state index is 12.6. The van der Waals surface area contributed by atoms with Gasteiger partial charge in [0, 0.05) is 36.1 Å². The molecule has 0 fully saturated rings. The Labute approximate surface area is 200 Å². The quantitative estimate of drug-likeness (QED) is 0.349. The minimum absolute atomic E-state index is 0.207. The van der Waals surface area contributed by atoms with E-state index in [1.165, 1.54) is 12.4 Å². The molecule has 0 saturated carbocycles. The molecule has 0 atom stereocenters. The minimum atomic E-state index is -0.207. The predicted molar refractivity (Wildman–Crippen MR) is 131 cm³/mol. The van der Waals surface area contributed by atoms with Crippen LogP contribution in [-0.2, 0) is 17.9 Å². The van der Waals surface area contributed by atoms with Crippen LogP contribution in [0, 0.1) is 0 Å². The number of aromatic nitrogens is 6. The van der Waals surface area contributed by atoms with Crippen molar-refractivity contribution < 1.29 is 4.79 Å². The number of amides is 1. The van der Waals surface area contributed by atoms with E-state index in [0.717, 1.165) is 27.3 Å². The Hall–Kier alpha value is -4.37. The molecular formula is C25H21N7OS. The molecule has 168 valence electrons. The highest BCUT2D eigenvalue weighted by Gasteiger charge is 2.12. The number of carbonyl (C=O) groups is 1. The molecule has 0 aliphatic rings. The summed E-state index contributed by atoms with van der Waals surface area (Å²) >= 11 is 1.62. The van der Waals surface area contributed by atoms with Crippen molar-refractivity contribution in [2.75, 3.05) is 0 Å². The first-order chi connectivity index (χ1) is 16.8. The van der Waals surface area contributed by atoms with Gasteiger partial charge in [-0.3, -0.25) is 9.48 Å². The summed E-state index contributed by atoms with van der Waals surface area (Å²) < 4.78 is 3.48. The lowest BCUT2D eigenvalue weighted by Gasteiger charge is -2.08. The van der Waals surface area contributed by atoms with Gasteiger partial charge in [-0.05, 0) is 29.2 Å². The molecule has 1 N–H and O–H groups in total. The highest BCUT2D eigenvalue weighted by atomic mass is 32.1. The van der Waals surface area contributed by atoms with Gasteiger partial charge in [-0.1, -0.05) is 42.5 Å². The Kier molecular flexibility index (Phi) is 6.35. The van der Waals surface area contributed by atoms with E-state index in [1.807, 2.05) is 58.7 Å². The van der Waals surface area contributed by atoms with Gasteiger partial charge in [-0.15, -0.1) is 11.3 Å². The molecule has 0 spiro atoms. The molecule has 0 aliphatic heterocycles. The fraction of sp³-hybridized carbons (Fsp3) is 0.0800. The SMILES string of the molecule is O=C(/C=C/c1cn(Cc2ccccc2)nc1-c1cccs1)NCc1cccnc1-n1cncn1. The molecule has 0 aliphatic carbocycles. The predicted octanol–water partition coefficient (Wildman–Crippen LogP) is 3.97. The highest BCUT2D eigenvalue weighted by molar-refractivity contribution is 7.13. The number of benzene rings is 1. The van der Waals surface area contributed by atoms with Crippen molar-refractivity contribution in [2.24, 2.45) is 0 Å². The average Bonchev–Trinajstić information content (AvgIpc) is 3.64. The first-order valence-electron chi connectivity index (χ1n) is 10.7. The van der Waals surface area contributed by atoms with Crippen molar-refractivity contribution >= 4 is 23.3 Å². The molecule has 34 heavy (non-hydrogen) atoms. The summed E-state index contributed by atoms with van der Waals surface area (Å²) in [5, 5.41) is 13.8. The smallest absolute Gasteiger partial charge is 0.244 e. The summed E-state index contributed by atoms with van der Waals surface area (Å²) in [5.74, 6) is 0.424. The largest absolute Gasteiger partial charge is 0.348 e. The highest BCUT2D eigenvalue weighted by Crippen LogP contribution is 2.27. The van der Waals surface area contributed by atoms with Crippen LogP contribution in [0.15, 0.2) is 91.1 Å². The van der Waals surface area contributed by atoms with Crippen molar-refractivity contribution in [3.05, 3.63) is 108 Å². The van der Waals surface area contributed by atoms with Gasteiger partial charge in [0.1, 0.15) is 18.3 Å². The van der Waals surface area contributed by atoms with Crippen molar-refractivity contribution in [1.82, 2.24) is 34.8 Å². The molecule has 0 radical (unpaired) electrons. The Morgan fingerprint density at radius 2 is 2.00 bits per heavy atom. The molecule has 0 saturated heterocycles. The molecule has 4 aromatic heterocycles. The molecule has 5 aromatic rings. The topological polar surface area (TPSA) is 90.5 Å². The average molecular weight is 468 g/mol. The maximum atomic E-state index is 12.6. The number of nitrogens with one attached hydrogen (secondary N) is 1. The monoisotopic (exact) mass is 467 g/mol. The zero-order chi connectivity index (χ0) is 23.2. The van der Waals surface area contributed by atoms with Gasteiger partial charge < -0.3 is 5.32 Å². The Morgan fingerprint density at radius 3 is 2.79 bits per heavy atom. The lowest BCUT2D eigenvalue weighted by Crippen LogP contribution is -2.21. The van der Waals surface area contributed by atoms with Crippen LogP contribution < -0.4 is 5.32 Å². The Balaban J connectivity index is 1.31. The van der Waals surface area contributed by atoms with Gasteiger partial charge in [-0.2, -0.15) is 10.2 Å². The first kappa shape index (κ1) is 21.5. The minimum Gasteiger partial charge on any atom is -0.348 e. The third-order valence-corrected chi connectivity index (χ3v) is 5.98. The second-order valence-electron chi connectivity index (χ2n) is 7.47. The fourth-order valence-corrected chi connectivity index (χ4v) is 4.25. The number of rotatable bonds is 8. The molecule has 8 nitrogen and oxygen atoms in total. The molecule has 9 heteroatoms. The van der Waals surface area contributed by atoms with Gasteiger partial charge in [-0.25, -0.2) is 14.6 Å². The van der Waals surface area contributed by atoms with Crippen LogP contribution in [0.1, 0.15) is 16.7 Å². The van der Waals surface area contributed by atoms with E-state index in [9.17, 15) is 4.79 Å². The summed E-state index contributed by atoms with van der Waals surface area (Å²) in [6.07, 6.45) is 10.0. The summed E-state index contributed by atoms with van der Waals surface area (Å²) in [4.78, 5) is 22.0. The Bertz CT molecular complexity index is 1390. The van der Waals surface area contributed by atoms with E-state index in [2.05, 4.69) is 32.5 Å². The summed E-state index contributed by atoms with van der Waals surface area (Å²) in [7, 11) is 0. The summed E-state index contributed by atoms with van der Waals surface area (Å²) in [6, 6.07) is 17.9. The van der Waals surface area contributed by atoms with Gasteiger partial charge in [0.05, 0.1) is 11.4 Å². The van der Waals surface area contributed by atoms with E-state index in [0.29, 0.717) is 18.9 Å². The number of hydrogen-bond acceptors (Lipinski definition) is 6. The first-order valence-corrected chi connectivity index (χ1v) is 11.5. The van der Waals surface area contributed by atoms with E-state index in [1.54, 1.807) is 34.6 Å². The molecule has 0 bridgehead atoms. The third kappa shape index (κ3) is 5.00. The van der Waals surface area contributed by atoms with E-state index >= 15 is 0 Å². The van der Waals surface area contributed by atoms with Gasteiger partial charge in [0.25, 0.3) is 0 Å². The Morgan fingerprint density at radius 1 is 1.09 bits per heavy atom. The van der Waals surface area contributed by atoms with Gasteiger partial charge in [0.15, 0.2) is 5.82 Å². The number of pyridine rings is 1. The van der Waals surface area contributed by atoms with E-state index in [4.69, 9.17) is 5.10 Å². The van der Waals surface area contributed by atoms with Gasteiger partial charge >= 0.3 is 0 Å². The molecule has 5 rings (SSSR count). The van der Waals surface area contributed by atoms with Gasteiger partial charge in [0.2, 0.25) is 5.91 Å². The fourth-order valence-electron chi connectivity index (χ4n) is 3.51. The van der Waals surface area contributed by atoms with Crippen LogP contribution in [-0.4, -0.2) is 35.4 Å². The maximum Gasteiger partial charge on any atom is 0.244 e. The van der Waals surface area contributed by atoms with Crippen LogP contribution in [0.25, 0.3) is 22.5 Å². The standard InChI is InChI=1S/C25H21N7OS/c33-23(28-14-20-8-4-12-27-25(20)32-18-26-17-29-32)11-10-21-16-31(15-19-6-2-1-3-7-19)30-24(21)22-9-5-13-34-22/h1-13,16-18H,14-15H2,(H,28,33)/b11-10+. The molecule has 1 amide bonds.